The smallest absolute Gasteiger partial charge is 0.220 e. The molecule has 1 amide bonds. The normalized spacial score (nSPS) is 16.8. The van der Waals surface area contributed by atoms with Crippen molar-refractivity contribution in [3.05, 3.63) is 35.4 Å². The first-order valence-corrected chi connectivity index (χ1v) is 7.68. The molecule has 1 aromatic carbocycles. The lowest BCUT2D eigenvalue weighted by Gasteiger charge is -2.24. The van der Waals surface area contributed by atoms with Gasteiger partial charge in [-0.3, -0.25) is 4.79 Å². The molecule has 3 heteroatoms. The highest BCUT2D eigenvalue weighted by molar-refractivity contribution is 5.76. The van der Waals surface area contributed by atoms with E-state index in [1.54, 1.807) is 0 Å². The van der Waals surface area contributed by atoms with E-state index in [0.29, 0.717) is 24.8 Å². The Morgan fingerprint density at radius 3 is 2.35 bits per heavy atom. The molecule has 2 rings (SSSR count). The molecule has 110 valence electrons. The van der Waals surface area contributed by atoms with Gasteiger partial charge in [-0.15, -0.1) is 0 Å². The van der Waals surface area contributed by atoms with Crippen LogP contribution in [0.2, 0.25) is 0 Å². The Bertz CT molecular complexity index is 435. The summed E-state index contributed by atoms with van der Waals surface area (Å²) in [4.78, 5) is 11.8. The van der Waals surface area contributed by atoms with Crippen LogP contribution >= 0.6 is 0 Å². The molecule has 1 aliphatic carbocycles. The Kier molecular flexibility index (Phi) is 5.18. The summed E-state index contributed by atoms with van der Waals surface area (Å²) in [6.45, 7) is 4.87. The molecular weight excluding hydrogens is 248 g/mol. The molecule has 3 N–H and O–H groups in total. The summed E-state index contributed by atoms with van der Waals surface area (Å²) in [5.41, 5.74) is 8.53. The number of hydrogen-bond donors (Lipinski definition) is 2. The average Bonchev–Trinajstić information content (AvgIpc) is 2.40. The van der Waals surface area contributed by atoms with Crippen molar-refractivity contribution in [3.63, 3.8) is 0 Å². The SMILES string of the molecule is CC(C)c1ccc(C(N)CNC(=O)CC2CCC2)cc1. The van der Waals surface area contributed by atoms with Crippen molar-refractivity contribution in [2.24, 2.45) is 11.7 Å². The number of rotatable bonds is 6. The van der Waals surface area contributed by atoms with Crippen LogP contribution in [0.25, 0.3) is 0 Å². The highest BCUT2D eigenvalue weighted by Crippen LogP contribution is 2.29. The predicted molar refractivity (Wildman–Crippen MR) is 82.4 cm³/mol. The van der Waals surface area contributed by atoms with E-state index < -0.39 is 0 Å². The minimum absolute atomic E-state index is 0.124. The Morgan fingerprint density at radius 2 is 1.85 bits per heavy atom. The molecule has 1 aromatic rings. The highest BCUT2D eigenvalue weighted by atomic mass is 16.1. The van der Waals surface area contributed by atoms with E-state index in [1.807, 2.05) is 0 Å². The van der Waals surface area contributed by atoms with Gasteiger partial charge in [0.25, 0.3) is 0 Å². The van der Waals surface area contributed by atoms with Crippen LogP contribution in [0.5, 0.6) is 0 Å². The molecule has 1 fully saturated rings. The summed E-state index contributed by atoms with van der Waals surface area (Å²) in [5.74, 6) is 1.28. The largest absolute Gasteiger partial charge is 0.354 e. The number of nitrogens with two attached hydrogens (primary N) is 1. The fourth-order valence-corrected chi connectivity index (χ4v) is 2.50. The Labute approximate surface area is 121 Å². The van der Waals surface area contributed by atoms with Crippen LogP contribution < -0.4 is 11.1 Å². The fraction of sp³-hybridized carbons (Fsp3) is 0.588. The zero-order valence-electron chi connectivity index (χ0n) is 12.6. The number of carbonyl (C=O) groups excluding carboxylic acids is 1. The van der Waals surface area contributed by atoms with E-state index in [9.17, 15) is 4.79 Å². The van der Waals surface area contributed by atoms with Gasteiger partial charge in [0.1, 0.15) is 0 Å². The van der Waals surface area contributed by atoms with Gasteiger partial charge in [-0.05, 0) is 35.8 Å². The second kappa shape index (κ2) is 6.89. The van der Waals surface area contributed by atoms with Gasteiger partial charge in [-0.2, -0.15) is 0 Å². The van der Waals surface area contributed by atoms with Gasteiger partial charge in [0.05, 0.1) is 0 Å². The third-order valence-corrected chi connectivity index (χ3v) is 4.25. The van der Waals surface area contributed by atoms with Crippen molar-refractivity contribution >= 4 is 5.91 Å². The van der Waals surface area contributed by atoms with Crippen LogP contribution in [0.3, 0.4) is 0 Å². The first-order valence-electron chi connectivity index (χ1n) is 7.68. The number of nitrogens with one attached hydrogen (secondary N) is 1. The van der Waals surface area contributed by atoms with Gasteiger partial charge in [0.15, 0.2) is 0 Å². The van der Waals surface area contributed by atoms with Gasteiger partial charge in [-0.25, -0.2) is 0 Å². The molecule has 0 saturated heterocycles. The number of hydrogen-bond acceptors (Lipinski definition) is 2. The lowest BCUT2D eigenvalue weighted by atomic mass is 9.83. The highest BCUT2D eigenvalue weighted by Gasteiger charge is 2.20. The summed E-state index contributed by atoms with van der Waals surface area (Å²) in [7, 11) is 0. The summed E-state index contributed by atoms with van der Waals surface area (Å²) >= 11 is 0. The Balaban J connectivity index is 1.78. The maximum absolute atomic E-state index is 11.8. The van der Waals surface area contributed by atoms with E-state index in [4.69, 9.17) is 5.73 Å². The molecule has 1 unspecified atom stereocenters. The van der Waals surface area contributed by atoms with Gasteiger partial charge in [0.2, 0.25) is 5.91 Å². The van der Waals surface area contributed by atoms with Crippen LogP contribution in [-0.4, -0.2) is 12.5 Å². The second-order valence-electron chi connectivity index (χ2n) is 6.23. The molecule has 0 aromatic heterocycles. The van der Waals surface area contributed by atoms with Crippen molar-refractivity contribution in [1.82, 2.24) is 5.32 Å². The van der Waals surface area contributed by atoms with Crippen LogP contribution in [0.15, 0.2) is 24.3 Å². The Hall–Kier alpha value is -1.35. The summed E-state index contributed by atoms with van der Waals surface area (Å²) in [6, 6.07) is 8.25. The zero-order chi connectivity index (χ0) is 14.5. The van der Waals surface area contributed by atoms with Gasteiger partial charge < -0.3 is 11.1 Å². The quantitative estimate of drug-likeness (QED) is 0.837. The van der Waals surface area contributed by atoms with Crippen molar-refractivity contribution < 1.29 is 4.79 Å². The van der Waals surface area contributed by atoms with Crippen LogP contribution in [0, 0.1) is 5.92 Å². The lowest BCUT2D eigenvalue weighted by molar-refractivity contribution is -0.122. The summed E-state index contributed by atoms with van der Waals surface area (Å²) < 4.78 is 0. The van der Waals surface area contributed by atoms with Crippen molar-refractivity contribution in [2.45, 2.75) is 51.5 Å². The maximum Gasteiger partial charge on any atom is 0.220 e. The molecule has 0 spiro atoms. The topological polar surface area (TPSA) is 55.1 Å². The summed E-state index contributed by atoms with van der Waals surface area (Å²) in [5, 5.41) is 2.95. The maximum atomic E-state index is 11.8. The fourth-order valence-electron chi connectivity index (χ4n) is 2.50. The molecule has 20 heavy (non-hydrogen) atoms. The number of benzene rings is 1. The van der Waals surface area contributed by atoms with Crippen LogP contribution in [-0.2, 0) is 4.79 Å². The van der Waals surface area contributed by atoms with Crippen LogP contribution in [0.1, 0.15) is 62.6 Å². The minimum Gasteiger partial charge on any atom is -0.354 e. The third-order valence-electron chi connectivity index (χ3n) is 4.25. The molecule has 0 heterocycles. The first kappa shape index (κ1) is 15.0. The molecule has 0 aliphatic heterocycles. The number of carbonyl (C=O) groups is 1. The molecular formula is C17H26N2O. The van der Waals surface area contributed by atoms with E-state index in [0.717, 1.165) is 5.56 Å². The van der Waals surface area contributed by atoms with Crippen molar-refractivity contribution in [3.8, 4) is 0 Å². The van der Waals surface area contributed by atoms with Crippen molar-refractivity contribution in [2.75, 3.05) is 6.54 Å². The van der Waals surface area contributed by atoms with Crippen molar-refractivity contribution in [1.29, 1.82) is 0 Å². The standard InChI is InChI=1S/C17H26N2O/c1-12(2)14-6-8-15(9-7-14)16(18)11-19-17(20)10-13-4-3-5-13/h6-9,12-13,16H,3-5,10-11,18H2,1-2H3,(H,19,20). The monoisotopic (exact) mass is 274 g/mol. The second-order valence-corrected chi connectivity index (χ2v) is 6.23. The molecule has 0 radical (unpaired) electrons. The van der Waals surface area contributed by atoms with Gasteiger partial charge in [0, 0.05) is 19.0 Å². The van der Waals surface area contributed by atoms with E-state index in [-0.39, 0.29) is 11.9 Å². The van der Waals surface area contributed by atoms with E-state index >= 15 is 0 Å². The van der Waals surface area contributed by atoms with E-state index in [1.165, 1.54) is 24.8 Å². The minimum atomic E-state index is -0.124. The Morgan fingerprint density at radius 1 is 1.25 bits per heavy atom. The molecule has 0 bridgehead atoms. The molecule has 1 aliphatic rings. The molecule has 1 saturated carbocycles. The zero-order valence-corrected chi connectivity index (χ0v) is 12.6. The molecule has 1 atom stereocenters. The number of amides is 1. The van der Waals surface area contributed by atoms with Crippen LogP contribution in [0.4, 0.5) is 0 Å². The van der Waals surface area contributed by atoms with Gasteiger partial charge in [-0.1, -0.05) is 44.5 Å². The molecule has 3 nitrogen and oxygen atoms in total. The van der Waals surface area contributed by atoms with Gasteiger partial charge >= 0.3 is 0 Å². The van der Waals surface area contributed by atoms with E-state index in [2.05, 4.69) is 43.4 Å². The first-order chi connectivity index (χ1) is 9.56. The third kappa shape index (κ3) is 4.07. The summed E-state index contributed by atoms with van der Waals surface area (Å²) in [6.07, 6.45) is 4.35. The lowest BCUT2D eigenvalue weighted by Crippen LogP contribution is -2.33. The predicted octanol–water partition coefficient (Wildman–Crippen LogP) is 3.12. The average molecular weight is 274 g/mol.